The Morgan fingerprint density at radius 1 is 1.70 bits per heavy atom. The van der Waals surface area contributed by atoms with E-state index in [9.17, 15) is 0 Å². The highest BCUT2D eigenvalue weighted by atomic mass is 79.9. The van der Waals surface area contributed by atoms with Crippen LogP contribution in [0.3, 0.4) is 0 Å². The molecular weight excluding hydrogens is 198 g/mol. The van der Waals surface area contributed by atoms with E-state index in [4.69, 9.17) is 9.15 Å². The SMILES string of the molecule is CC(C)Oc1ncc(Br)o1. The van der Waals surface area contributed by atoms with Crippen molar-refractivity contribution in [2.45, 2.75) is 20.0 Å². The van der Waals surface area contributed by atoms with Crippen molar-refractivity contribution in [3.05, 3.63) is 10.9 Å². The van der Waals surface area contributed by atoms with Gasteiger partial charge in [0.25, 0.3) is 0 Å². The van der Waals surface area contributed by atoms with Crippen LogP contribution in [0.25, 0.3) is 0 Å². The second kappa shape index (κ2) is 3.05. The van der Waals surface area contributed by atoms with Crippen LogP contribution in [0.15, 0.2) is 15.3 Å². The Kier molecular flexibility index (Phi) is 2.32. The highest BCUT2D eigenvalue weighted by Gasteiger charge is 2.03. The molecule has 0 aromatic carbocycles. The summed E-state index contributed by atoms with van der Waals surface area (Å²) in [6.07, 6.45) is 1.96. The maximum absolute atomic E-state index is 5.13. The van der Waals surface area contributed by atoms with Crippen molar-refractivity contribution < 1.29 is 9.15 Å². The van der Waals surface area contributed by atoms with Crippen molar-refractivity contribution in [2.24, 2.45) is 0 Å². The first kappa shape index (κ1) is 7.60. The minimum Gasteiger partial charge on any atom is -0.447 e. The van der Waals surface area contributed by atoms with Gasteiger partial charge in [-0.2, -0.15) is 4.98 Å². The fourth-order valence-electron chi connectivity index (χ4n) is 0.496. The third-order valence-corrected chi connectivity index (χ3v) is 1.16. The third kappa shape index (κ3) is 2.02. The smallest absolute Gasteiger partial charge is 0.394 e. The van der Waals surface area contributed by atoms with Crippen LogP contribution < -0.4 is 4.74 Å². The molecule has 0 N–H and O–H groups in total. The van der Waals surface area contributed by atoms with E-state index in [1.165, 1.54) is 0 Å². The largest absolute Gasteiger partial charge is 0.447 e. The Hall–Kier alpha value is -0.510. The molecule has 0 aliphatic carbocycles. The highest BCUT2D eigenvalue weighted by molar-refractivity contribution is 9.10. The monoisotopic (exact) mass is 205 g/mol. The van der Waals surface area contributed by atoms with Gasteiger partial charge < -0.3 is 9.15 Å². The Morgan fingerprint density at radius 2 is 2.40 bits per heavy atom. The Balaban J connectivity index is 2.58. The van der Waals surface area contributed by atoms with Crippen molar-refractivity contribution in [3.63, 3.8) is 0 Å². The molecule has 3 nitrogen and oxygen atoms in total. The number of hydrogen-bond donors (Lipinski definition) is 0. The number of rotatable bonds is 2. The Bertz CT molecular complexity index is 209. The molecule has 1 aromatic rings. The van der Waals surface area contributed by atoms with Gasteiger partial charge in [-0.1, -0.05) is 0 Å². The zero-order chi connectivity index (χ0) is 7.56. The van der Waals surface area contributed by atoms with Gasteiger partial charge in [0.2, 0.25) is 0 Å². The quantitative estimate of drug-likeness (QED) is 0.744. The first-order valence-corrected chi connectivity index (χ1v) is 3.76. The normalized spacial score (nSPS) is 10.4. The average Bonchev–Trinajstić information content (AvgIpc) is 2.13. The molecule has 0 amide bonds. The summed E-state index contributed by atoms with van der Waals surface area (Å²) in [6.45, 7) is 3.83. The van der Waals surface area contributed by atoms with Gasteiger partial charge in [0.1, 0.15) is 0 Å². The number of hydrogen-bond acceptors (Lipinski definition) is 3. The van der Waals surface area contributed by atoms with Crippen LogP contribution in [0, 0.1) is 0 Å². The van der Waals surface area contributed by atoms with Gasteiger partial charge in [-0.15, -0.1) is 0 Å². The zero-order valence-corrected chi connectivity index (χ0v) is 7.38. The van der Waals surface area contributed by atoms with E-state index in [1.807, 2.05) is 13.8 Å². The van der Waals surface area contributed by atoms with Crippen LogP contribution >= 0.6 is 15.9 Å². The predicted molar refractivity (Wildman–Crippen MR) is 40.0 cm³/mol. The van der Waals surface area contributed by atoms with Crippen LogP contribution in [0.2, 0.25) is 0 Å². The molecule has 1 aromatic heterocycles. The van der Waals surface area contributed by atoms with Gasteiger partial charge in [0.05, 0.1) is 12.3 Å². The molecule has 0 aliphatic heterocycles. The van der Waals surface area contributed by atoms with E-state index in [0.29, 0.717) is 10.7 Å². The summed E-state index contributed by atoms with van der Waals surface area (Å²) in [5, 5.41) is 0. The molecule has 0 fully saturated rings. The van der Waals surface area contributed by atoms with Crippen molar-refractivity contribution in [1.29, 1.82) is 0 Å². The Labute approximate surface area is 67.5 Å². The topological polar surface area (TPSA) is 35.3 Å². The fraction of sp³-hybridized carbons (Fsp3) is 0.500. The first-order valence-electron chi connectivity index (χ1n) is 2.96. The van der Waals surface area contributed by atoms with Gasteiger partial charge in [0, 0.05) is 0 Å². The lowest BCUT2D eigenvalue weighted by Gasteiger charge is -2.02. The highest BCUT2D eigenvalue weighted by Crippen LogP contribution is 2.17. The molecule has 0 spiro atoms. The summed E-state index contributed by atoms with van der Waals surface area (Å²) in [7, 11) is 0. The second-order valence-corrected chi connectivity index (χ2v) is 2.88. The minimum absolute atomic E-state index is 0.102. The summed E-state index contributed by atoms with van der Waals surface area (Å²) < 4.78 is 10.7. The number of ether oxygens (including phenoxy) is 1. The van der Waals surface area contributed by atoms with Gasteiger partial charge in [-0.3, -0.25) is 0 Å². The van der Waals surface area contributed by atoms with Gasteiger partial charge in [-0.05, 0) is 29.8 Å². The standard InChI is InChI=1S/C6H8BrNO2/c1-4(2)9-6-8-3-5(7)10-6/h3-4H,1-2H3. The molecular formula is C6H8BrNO2. The number of aromatic nitrogens is 1. The molecule has 0 radical (unpaired) electrons. The second-order valence-electron chi connectivity index (χ2n) is 2.10. The lowest BCUT2D eigenvalue weighted by molar-refractivity contribution is 0.173. The lowest BCUT2D eigenvalue weighted by Crippen LogP contribution is -2.05. The van der Waals surface area contributed by atoms with Crippen molar-refractivity contribution in [3.8, 4) is 6.08 Å². The van der Waals surface area contributed by atoms with Crippen LogP contribution in [-0.4, -0.2) is 11.1 Å². The maximum atomic E-state index is 5.13. The van der Waals surface area contributed by atoms with Gasteiger partial charge in [-0.25, -0.2) is 0 Å². The zero-order valence-electron chi connectivity index (χ0n) is 5.80. The van der Waals surface area contributed by atoms with Crippen LogP contribution in [0.5, 0.6) is 6.08 Å². The van der Waals surface area contributed by atoms with E-state index in [1.54, 1.807) is 6.20 Å². The van der Waals surface area contributed by atoms with Crippen molar-refractivity contribution >= 4 is 15.9 Å². The minimum atomic E-state index is 0.102. The van der Waals surface area contributed by atoms with E-state index in [2.05, 4.69) is 20.9 Å². The Morgan fingerprint density at radius 3 is 2.80 bits per heavy atom. The van der Waals surface area contributed by atoms with Crippen molar-refractivity contribution in [1.82, 2.24) is 4.98 Å². The van der Waals surface area contributed by atoms with Gasteiger partial charge in [0.15, 0.2) is 4.67 Å². The van der Waals surface area contributed by atoms with E-state index in [0.717, 1.165) is 0 Å². The molecule has 4 heteroatoms. The first-order chi connectivity index (χ1) is 4.68. The third-order valence-electron chi connectivity index (χ3n) is 0.793. The molecule has 0 bridgehead atoms. The van der Waals surface area contributed by atoms with Gasteiger partial charge >= 0.3 is 6.08 Å². The molecule has 0 unspecified atom stereocenters. The van der Waals surface area contributed by atoms with E-state index >= 15 is 0 Å². The molecule has 56 valence electrons. The van der Waals surface area contributed by atoms with E-state index < -0.39 is 0 Å². The molecule has 10 heavy (non-hydrogen) atoms. The summed E-state index contributed by atoms with van der Waals surface area (Å²) in [4.78, 5) is 3.82. The molecule has 0 atom stereocenters. The molecule has 0 saturated heterocycles. The number of halogens is 1. The average molecular weight is 206 g/mol. The summed E-state index contributed by atoms with van der Waals surface area (Å²) in [5.41, 5.74) is 0. The molecule has 1 rings (SSSR count). The number of oxazole rings is 1. The molecule has 0 saturated carbocycles. The van der Waals surface area contributed by atoms with E-state index in [-0.39, 0.29) is 6.10 Å². The van der Waals surface area contributed by atoms with Crippen LogP contribution in [0.4, 0.5) is 0 Å². The van der Waals surface area contributed by atoms with Crippen molar-refractivity contribution in [2.75, 3.05) is 0 Å². The predicted octanol–water partition coefficient (Wildman–Crippen LogP) is 2.22. The molecule has 0 aliphatic rings. The lowest BCUT2D eigenvalue weighted by atomic mass is 10.5. The van der Waals surface area contributed by atoms with Crippen LogP contribution in [-0.2, 0) is 0 Å². The van der Waals surface area contributed by atoms with Crippen LogP contribution in [0.1, 0.15) is 13.8 Å². The number of nitrogens with zero attached hydrogens (tertiary/aromatic N) is 1. The molecule has 1 heterocycles. The summed E-state index contributed by atoms with van der Waals surface area (Å²) >= 11 is 3.11. The maximum Gasteiger partial charge on any atom is 0.394 e. The summed E-state index contributed by atoms with van der Waals surface area (Å²) in [5.74, 6) is 0. The summed E-state index contributed by atoms with van der Waals surface area (Å²) in [6, 6.07) is 0. The fourth-order valence-corrected chi connectivity index (χ4v) is 0.737.